The van der Waals surface area contributed by atoms with Crippen LogP contribution in [0.4, 0.5) is 8.78 Å². The molecule has 0 saturated heterocycles. The number of benzene rings is 3. The van der Waals surface area contributed by atoms with Gasteiger partial charge in [0.25, 0.3) is 0 Å². The van der Waals surface area contributed by atoms with Gasteiger partial charge in [0.05, 0.1) is 17.7 Å². The maximum Gasteiger partial charge on any atom is 0.249 e. The number of hydrogen-bond acceptors (Lipinski definition) is 3. The molecule has 0 saturated carbocycles. The lowest BCUT2D eigenvalue weighted by molar-refractivity contribution is 0.100. The number of carbonyl (C=O) groups is 1. The van der Waals surface area contributed by atoms with Crippen molar-refractivity contribution in [3.8, 4) is 16.9 Å². The van der Waals surface area contributed by atoms with Crippen LogP contribution in [-0.4, -0.2) is 26.6 Å². The fourth-order valence-corrected chi connectivity index (χ4v) is 4.89. The van der Waals surface area contributed by atoms with Gasteiger partial charge in [-0.1, -0.05) is 62.7 Å². The third-order valence-electron chi connectivity index (χ3n) is 6.49. The Morgan fingerprint density at radius 3 is 2.28 bits per heavy atom. The molecule has 0 radical (unpaired) electrons. The number of halogens is 3. The van der Waals surface area contributed by atoms with Gasteiger partial charge in [0, 0.05) is 23.1 Å². The molecule has 1 atom stereocenters. The van der Waals surface area contributed by atoms with Gasteiger partial charge in [-0.2, -0.15) is 0 Å². The number of ether oxygens (including phenoxy) is 1. The molecule has 0 aliphatic carbocycles. The maximum absolute atomic E-state index is 15.7. The largest absolute Gasteiger partial charge is 0.494 e. The zero-order valence-corrected chi connectivity index (χ0v) is 22.5. The standard InChI is InChI=1S/C27H29ClF2N2O2.C2H6/c1-5-27(15-32-3,17-9-7-6-8-10-17)14-19-16(2)13-20(29)24(28)22(19)23-18(26(31)33)11-12-21(34-4)25(23)30;1-2/h6-13,32H,5,14-15H2,1-4H3,(H2,31,33);1-2H3. The summed E-state index contributed by atoms with van der Waals surface area (Å²) in [6, 6.07) is 14.0. The second kappa shape index (κ2) is 12.8. The number of aryl methyl sites for hydroxylation is 1. The summed E-state index contributed by atoms with van der Waals surface area (Å²) in [4.78, 5) is 12.3. The van der Waals surface area contributed by atoms with Crippen molar-refractivity contribution in [3.05, 3.63) is 87.4 Å². The highest BCUT2D eigenvalue weighted by Crippen LogP contribution is 2.44. The topological polar surface area (TPSA) is 64.3 Å². The second-order valence-electron chi connectivity index (χ2n) is 8.42. The number of primary amides is 1. The molecular weight excluding hydrogens is 482 g/mol. The van der Waals surface area contributed by atoms with Crippen LogP contribution >= 0.6 is 11.6 Å². The average Bonchev–Trinajstić information content (AvgIpc) is 2.88. The Balaban J connectivity index is 0.00000222. The molecule has 4 nitrogen and oxygen atoms in total. The first-order valence-electron chi connectivity index (χ1n) is 12.0. The van der Waals surface area contributed by atoms with Crippen molar-refractivity contribution in [2.75, 3.05) is 20.7 Å². The monoisotopic (exact) mass is 516 g/mol. The summed E-state index contributed by atoms with van der Waals surface area (Å²) in [6.07, 6.45) is 1.17. The number of carbonyl (C=O) groups excluding carboxylic acids is 1. The quantitative estimate of drug-likeness (QED) is 0.327. The number of likely N-dealkylation sites (N-methyl/N-ethyl adjacent to an activating group) is 1. The van der Waals surface area contributed by atoms with Crippen LogP contribution in [0, 0.1) is 18.6 Å². The van der Waals surface area contributed by atoms with Crippen LogP contribution in [0.15, 0.2) is 48.5 Å². The summed E-state index contributed by atoms with van der Waals surface area (Å²) in [5, 5.41) is 3.00. The second-order valence-corrected chi connectivity index (χ2v) is 8.80. The summed E-state index contributed by atoms with van der Waals surface area (Å²) < 4.78 is 35.7. The molecule has 36 heavy (non-hydrogen) atoms. The van der Waals surface area contributed by atoms with E-state index in [-0.39, 0.29) is 27.5 Å². The van der Waals surface area contributed by atoms with Crippen LogP contribution in [0.3, 0.4) is 0 Å². The van der Waals surface area contributed by atoms with Crippen molar-refractivity contribution in [3.63, 3.8) is 0 Å². The highest BCUT2D eigenvalue weighted by atomic mass is 35.5. The molecule has 0 spiro atoms. The van der Waals surface area contributed by atoms with Crippen molar-refractivity contribution < 1.29 is 18.3 Å². The van der Waals surface area contributed by atoms with Gasteiger partial charge in [0.2, 0.25) is 5.91 Å². The molecule has 3 aromatic carbocycles. The van der Waals surface area contributed by atoms with E-state index < -0.39 is 23.0 Å². The fraction of sp³-hybridized carbons (Fsp3) is 0.345. The summed E-state index contributed by atoms with van der Waals surface area (Å²) in [6.45, 7) is 8.45. The molecule has 0 aliphatic heterocycles. The first-order chi connectivity index (χ1) is 17.2. The van der Waals surface area contributed by atoms with Crippen LogP contribution in [0.1, 0.15) is 54.2 Å². The van der Waals surface area contributed by atoms with Gasteiger partial charge < -0.3 is 15.8 Å². The highest BCUT2D eigenvalue weighted by molar-refractivity contribution is 6.34. The van der Waals surface area contributed by atoms with E-state index in [1.807, 2.05) is 51.2 Å². The van der Waals surface area contributed by atoms with Gasteiger partial charge in [0.15, 0.2) is 11.6 Å². The minimum absolute atomic E-state index is 0.0935. The zero-order valence-electron chi connectivity index (χ0n) is 21.8. The number of rotatable bonds is 9. The van der Waals surface area contributed by atoms with E-state index in [9.17, 15) is 9.18 Å². The minimum Gasteiger partial charge on any atom is -0.494 e. The molecule has 1 unspecified atom stereocenters. The summed E-state index contributed by atoms with van der Waals surface area (Å²) in [5.74, 6) is -2.46. The molecule has 0 heterocycles. The van der Waals surface area contributed by atoms with Gasteiger partial charge in [-0.05, 0) is 61.7 Å². The fourth-order valence-electron chi connectivity index (χ4n) is 4.63. The van der Waals surface area contributed by atoms with Crippen LogP contribution in [-0.2, 0) is 11.8 Å². The molecule has 7 heteroatoms. The highest BCUT2D eigenvalue weighted by Gasteiger charge is 2.34. The van der Waals surface area contributed by atoms with E-state index in [0.717, 1.165) is 12.0 Å². The van der Waals surface area contributed by atoms with Gasteiger partial charge in [0.1, 0.15) is 5.82 Å². The Labute approximate surface area is 217 Å². The Morgan fingerprint density at radius 1 is 1.11 bits per heavy atom. The number of methoxy groups -OCH3 is 1. The lowest BCUT2D eigenvalue weighted by Gasteiger charge is -2.35. The van der Waals surface area contributed by atoms with E-state index >= 15 is 4.39 Å². The van der Waals surface area contributed by atoms with E-state index in [1.165, 1.54) is 25.3 Å². The number of amides is 1. The predicted molar refractivity (Wildman–Crippen MR) is 144 cm³/mol. The van der Waals surface area contributed by atoms with E-state index in [4.69, 9.17) is 22.1 Å². The van der Waals surface area contributed by atoms with E-state index in [1.54, 1.807) is 6.92 Å². The third-order valence-corrected chi connectivity index (χ3v) is 6.85. The summed E-state index contributed by atoms with van der Waals surface area (Å²) >= 11 is 6.49. The lowest BCUT2D eigenvalue weighted by Crippen LogP contribution is -2.39. The molecule has 0 bridgehead atoms. The molecule has 3 N–H and O–H groups in total. The smallest absolute Gasteiger partial charge is 0.249 e. The van der Waals surface area contributed by atoms with Crippen LogP contribution in [0.2, 0.25) is 5.02 Å². The molecule has 3 aromatic rings. The molecule has 0 aliphatic rings. The number of nitrogens with one attached hydrogen (secondary N) is 1. The third kappa shape index (κ3) is 5.71. The molecule has 1 amide bonds. The van der Waals surface area contributed by atoms with Crippen LogP contribution in [0.5, 0.6) is 5.75 Å². The van der Waals surface area contributed by atoms with Gasteiger partial charge in [-0.3, -0.25) is 4.79 Å². The Bertz CT molecular complexity index is 1200. The Morgan fingerprint density at radius 2 is 1.75 bits per heavy atom. The van der Waals surface area contributed by atoms with Gasteiger partial charge >= 0.3 is 0 Å². The molecule has 0 aromatic heterocycles. The Hall–Kier alpha value is -2.96. The minimum atomic E-state index is -0.847. The van der Waals surface area contributed by atoms with E-state index in [0.29, 0.717) is 24.1 Å². The van der Waals surface area contributed by atoms with Gasteiger partial charge in [-0.25, -0.2) is 8.78 Å². The van der Waals surface area contributed by atoms with Crippen LogP contribution < -0.4 is 15.8 Å². The van der Waals surface area contributed by atoms with Crippen molar-refractivity contribution in [1.29, 1.82) is 0 Å². The zero-order chi connectivity index (χ0) is 27.0. The predicted octanol–water partition coefficient (Wildman–Crippen LogP) is 6.84. The lowest BCUT2D eigenvalue weighted by atomic mass is 9.71. The molecule has 194 valence electrons. The summed E-state index contributed by atoms with van der Waals surface area (Å²) in [5.41, 5.74) is 7.37. The Kier molecular flexibility index (Phi) is 10.4. The average molecular weight is 517 g/mol. The van der Waals surface area contributed by atoms with Crippen molar-refractivity contribution in [2.45, 2.75) is 46.0 Å². The van der Waals surface area contributed by atoms with E-state index in [2.05, 4.69) is 12.2 Å². The molecular formula is C29H35ClF2N2O2. The summed E-state index contributed by atoms with van der Waals surface area (Å²) in [7, 11) is 3.18. The first kappa shape index (κ1) is 29.3. The number of hydrogen-bond donors (Lipinski definition) is 2. The first-order valence-corrected chi connectivity index (χ1v) is 12.4. The number of nitrogens with two attached hydrogens (primary N) is 1. The molecule has 3 rings (SSSR count). The normalized spacial score (nSPS) is 12.4. The SMILES string of the molecule is CC.CCC(CNC)(Cc1c(C)cc(F)c(Cl)c1-c1c(C(N)=O)ccc(OC)c1F)c1ccccc1. The molecule has 0 fully saturated rings. The maximum atomic E-state index is 15.7. The van der Waals surface area contributed by atoms with Gasteiger partial charge in [-0.15, -0.1) is 0 Å². The van der Waals surface area contributed by atoms with Crippen molar-refractivity contribution in [1.82, 2.24) is 5.32 Å². The van der Waals surface area contributed by atoms with Crippen molar-refractivity contribution >= 4 is 17.5 Å². The van der Waals surface area contributed by atoms with Crippen molar-refractivity contribution in [2.24, 2.45) is 5.73 Å². The van der Waals surface area contributed by atoms with Crippen LogP contribution in [0.25, 0.3) is 11.1 Å².